The first kappa shape index (κ1) is 26.5. The second kappa shape index (κ2) is 13.1. The van der Waals surface area contributed by atoms with Crippen LogP contribution in [0.3, 0.4) is 0 Å². The van der Waals surface area contributed by atoms with Gasteiger partial charge in [-0.2, -0.15) is 4.31 Å². The number of rotatable bonds is 12. The number of unbranched alkanes of at least 4 members (excludes halogenated alkanes) is 1. The van der Waals surface area contributed by atoms with Crippen molar-refractivity contribution in [3.8, 4) is 0 Å². The van der Waals surface area contributed by atoms with Gasteiger partial charge >= 0.3 is 0 Å². The van der Waals surface area contributed by atoms with E-state index < -0.39 is 11.3 Å². The minimum absolute atomic E-state index is 0.0533. The number of aliphatic hydroxyl groups is 1. The van der Waals surface area contributed by atoms with E-state index in [4.69, 9.17) is 0 Å². The SMILES string of the molecule is CCCCN(Cc1ccc(C(C)C(=O)NC(CN2CCC(O)C2)c2ccccc2)cc1)S(=O)O. The molecule has 0 aliphatic carbocycles. The summed E-state index contributed by atoms with van der Waals surface area (Å²) in [7, 11) is 0. The summed E-state index contributed by atoms with van der Waals surface area (Å²) in [5.41, 5.74) is 2.88. The first-order valence-corrected chi connectivity index (χ1v) is 13.1. The van der Waals surface area contributed by atoms with Crippen LogP contribution >= 0.6 is 0 Å². The van der Waals surface area contributed by atoms with Gasteiger partial charge in [-0.1, -0.05) is 67.9 Å². The molecule has 7 nitrogen and oxygen atoms in total. The summed E-state index contributed by atoms with van der Waals surface area (Å²) >= 11 is -2.01. The van der Waals surface area contributed by atoms with E-state index in [0.717, 1.165) is 42.5 Å². The molecule has 1 fully saturated rings. The molecule has 3 rings (SSSR count). The third-order valence-electron chi connectivity index (χ3n) is 6.42. The maximum atomic E-state index is 13.2. The van der Waals surface area contributed by atoms with E-state index in [9.17, 15) is 18.7 Å². The van der Waals surface area contributed by atoms with Crippen molar-refractivity contribution in [3.05, 3.63) is 71.3 Å². The summed E-state index contributed by atoms with van der Waals surface area (Å²) in [6.45, 7) is 7.01. The van der Waals surface area contributed by atoms with Gasteiger partial charge in [0, 0.05) is 32.7 Å². The van der Waals surface area contributed by atoms with E-state index >= 15 is 0 Å². The number of amides is 1. The highest BCUT2D eigenvalue weighted by molar-refractivity contribution is 7.76. The summed E-state index contributed by atoms with van der Waals surface area (Å²) in [4.78, 5) is 15.4. The average Bonchev–Trinajstić information content (AvgIpc) is 3.26. The number of carbonyl (C=O) groups excluding carboxylic acids is 1. The predicted molar refractivity (Wildman–Crippen MR) is 135 cm³/mol. The van der Waals surface area contributed by atoms with Crippen molar-refractivity contribution >= 4 is 17.2 Å². The van der Waals surface area contributed by atoms with Crippen LogP contribution in [0.25, 0.3) is 0 Å². The smallest absolute Gasteiger partial charge is 0.234 e. The van der Waals surface area contributed by atoms with E-state index in [1.165, 1.54) is 4.31 Å². The van der Waals surface area contributed by atoms with Gasteiger partial charge in [0.2, 0.25) is 17.2 Å². The van der Waals surface area contributed by atoms with Gasteiger partial charge in [0.15, 0.2) is 0 Å². The zero-order chi connectivity index (χ0) is 24.5. The Labute approximate surface area is 205 Å². The van der Waals surface area contributed by atoms with Crippen LogP contribution in [0.15, 0.2) is 54.6 Å². The number of hydrogen-bond acceptors (Lipinski definition) is 4. The maximum absolute atomic E-state index is 13.2. The summed E-state index contributed by atoms with van der Waals surface area (Å²) in [6.07, 6.45) is 2.28. The summed E-state index contributed by atoms with van der Waals surface area (Å²) < 4.78 is 22.7. The molecule has 4 atom stereocenters. The Morgan fingerprint density at radius 2 is 1.88 bits per heavy atom. The number of benzene rings is 2. The predicted octanol–water partition coefficient (Wildman–Crippen LogP) is 3.45. The fraction of sp³-hybridized carbons (Fsp3) is 0.500. The molecule has 0 saturated carbocycles. The highest BCUT2D eigenvalue weighted by Crippen LogP contribution is 2.22. The largest absolute Gasteiger partial charge is 0.392 e. The Kier molecular flexibility index (Phi) is 10.2. The highest BCUT2D eigenvalue weighted by atomic mass is 32.2. The van der Waals surface area contributed by atoms with Gasteiger partial charge in [-0.15, -0.1) is 0 Å². The number of hydrogen-bond donors (Lipinski definition) is 3. The molecule has 3 N–H and O–H groups in total. The molecule has 2 aromatic carbocycles. The average molecular weight is 488 g/mol. The highest BCUT2D eigenvalue weighted by Gasteiger charge is 2.26. The van der Waals surface area contributed by atoms with Crippen LogP contribution in [0, 0.1) is 0 Å². The molecule has 1 aliphatic rings. The third kappa shape index (κ3) is 7.71. The van der Waals surface area contributed by atoms with Gasteiger partial charge in [-0.05, 0) is 36.5 Å². The van der Waals surface area contributed by atoms with Crippen molar-refractivity contribution in [3.63, 3.8) is 0 Å². The van der Waals surface area contributed by atoms with Crippen LogP contribution in [0.1, 0.15) is 61.8 Å². The Bertz CT molecular complexity index is 925. The van der Waals surface area contributed by atoms with E-state index in [1.807, 2.05) is 61.5 Å². The van der Waals surface area contributed by atoms with Crippen molar-refractivity contribution < 1.29 is 18.7 Å². The van der Waals surface area contributed by atoms with Crippen LogP contribution in [0.5, 0.6) is 0 Å². The number of likely N-dealkylation sites (tertiary alicyclic amines) is 1. The normalized spacial score (nSPS) is 19.1. The van der Waals surface area contributed by atoms with Crippen molar-refractivity contribution in [2.75, 3.05) is 26.2 Å². The first-order valence-electron chi connectivity index (χ1n) is 12.1. The zero-order valence-electron chi connectivity index (χ0n) is 20.1. The summed E-state index contributed by atoms with van der Waals surface area (Å²) in [6, 6.07) is 17.5. The van der Waals surface area contributed by atoms with Crippen molar-refractivity contribution in [1.29, 1.82) is 0 Å². The number of β-amino-alcohol motifs (C(OH)–C–C–N with tert-alkyl or cyclic N) is 1. The van der Waals surface area contributed by atoms with Gasteiger partial charge in [0.05, 0.1) is 18.1 Å². The minimum atomic E-state index is -2.01. The molecule has 0 radical (unpaired) electrons. The lowest BCUT2D eigenvalue weighted by atomic mass is 9.97. The molecule has 1 saturated heterocycles. The minimum Gasteiger partial charge on any atom is -0.392 e. The van der Waals surface area contributed by atoms with Gasteiger partial charge in [-0.3, -0.25) is 14.2 Å². The summed E-state index contributed by atoms with van der Waals surface area (Å²) in [5, 5.41) is 13.1. The van der Waals surface area contributed by atoms with Gasteiger partial charge in [0.1, 0.15) is 0 Å². The molecular formula is C26H37N3O4S. The summed E-state index contributed by atoms with van der Waals surface area (Å²) in [5.74, 6) is -0.394. The van der Waals surface area contributed by atoms with Crippen LogP contribution < -0.4 is 5.32 Å². The van der Waals surface area contributed by atoms with Gasteiger partial charge < -0.3 is 10.4 Å². The van der Waals surface area contributed by atoms with Crippen molar-refractivity contribution in [2.45, 2.75) is 57.7 Å². The Morgan fingerprint density at radius 1 is 1.18 bits per heavy atom. The monoisotopic (exact) mass is 487 g/mol. The molecular weight excluding hydrogens is 450 g/mol. The second-order valence-electron chi connectivity index (χ2n) is 9.09. The fourth-order valence-electron chi connectivity index (χ4n) is 4.27. The molecule has 0 aromatic heterocycles. The van der Waals surface area contributed by atoms with E-state index in [0.29, 0.717) is 26.2 Å². The number of nitrogens with zero attached hydrogens (tertiary/aromatic N) is 2. The van der Waals surface area contributed by atoms with Gasteiger partial charge in [-0.25, -0.2) is 4.21 Å². The molecule has 1 aliphatic heterocycles. The fourth-order valence-corrected chi connectivity index (χ4v) is 4.81. The van der Waals surface area contributed by atoms with E-state index in [-0.39, 0.29) is 24.0 Å². The standard InChI is InChI=1S/C26H37N3O4S/c1-3-4-15-29(34(32)33)17-21-10-12-22(13-11-21)20(2)26(31)27-25(23-8-6-5-7-9-23)19-28-16-14-24(30)18-28/h5-13,20,24-25,30H,3-4,14-19H2,1-2H3,(H,27,31)(H,32,33). The number of carbonyl (C=O) groups is 1. The van der Waals surface area contributed by atoms with Crippen LogP contribution in [-0.2, 0) is 22.6 Å². The van der Waals surface area contributed by atoms with E-state index in [1.54, 1.807) is 0 Å². The molecule has 34 heavy (non-hydrogen) atoms. The van der Waals surface area contributed by atoms with Crippen molar-refractivity contribution in [2.24, 2.45) is 0 Å². The van der Waals surface area contributed by atoms with Crippen LogP contribution in [0.4, 0.5) is 0 Å². The molecule has 2 aromatic rings. The third-order valence-corrected chi connectivity index (χ3v) is 7.17. The van der Waals surface area contributed by atoms with Crippen LogP contribution in [0.2, 0.25) is 0 Å². The van der Waals surface area contributed by atoms with Crippen molar-refractivity contribution in [1.82, 2.24) is 14.5 Å². The molecule has 1 heterocycles. The molecule has 8 heteroatoms. The number of aliphatic hydroxyl groups excluding tert-OH is 1. The first-order chi connectivity index (χ1) is 16.4. The number of nitrogens with one attached hydrogen (secondary N) is 1. The topological polar surface area (TPSA) is 93.1 Å². The Morgan fingerprint density at radius 3 is 2.47 bits per heavy atom. The molecule has 0 spiro atoms. The molecule has 4 unspecified atom stereocenters. The lowest BCUT2D eigenvalue weighted by Gasteiger charge is -2.26. The molecule has 0 bridgehead atoms. The van der Waals surface area contributed by atoms with Crippen LogP contribution in [-0.4, -0.2) is 61.3 Å². The van der Waals surface area contributed by atoms with Gasteiger partial charge in [0.25, 0.3) is 0 Å². The zero-order valence-corrected chi connectivity index (χ0v) is 20.9. The quantitative estimate of drug-likeness (QED) is 0.399. The maximum Gasteiger partial charge on any atom is 0.234 e. The lowest BCUT2D eigenvalue weighted by Crippen LogP contribution is -2.39. The van der Waals surface area contributed by atoms with E-state index in [2.05, 4.69) is 17.1 Å². The second-order valence-corrected chi connectivity index (χ2v) is 10.1. The Balaban J connectivity index is 1.64. The Hall–Kier alpha value is -2.10. The molecule has 1 amide bonds. The lowest BCUT2D eigenvalue weighted by molar-refractivity contribution is -0.123. The molecule has 186 valence electrons.